The van der Waals surface area contributed by atoms with Crippen LogP contribution in [-0.4, -0.2) is 34.8 Å². The smallest absolute Gasteiger partial charge is 0.387 e. The molecule has 9 heteroatoms. The van der Waals surface area contributed by atoms with Gasteiger partial charge >= 0.3 is 6.61 Å². The molecule has 1 aromatic heterocycles. The topological polar surface area (TPSA) is 64.4 Å². The second-order valence-electron chi connectivity index (χ2n) is 5.56. The van der Waals surface area contributed by atoms with Gasteiger partial charge in [0.2, 0.25) is 4.77 Å². The third-order valence-corrected chi connectivity index (χ3v) is 3.95. The monoisotopic (exact) mass is 390 g/mol. The number of alkyl halides is 2. The van der Waals surface area contributed by atoms with Crippen LogP contribution in [0.25, 0.3) is 11.4 Å². The van der Waals surface area contributed by atoms with Crippen LogP contribution in [0.2, 0.25) is 0 Å². The highest BCUT2D eigenvalue weighted by Gasteiger charge is 2.11. The molecule has 0 bridgehead atoms. The summed E-state index contributed by atoms with van der Waals surface area (Å²) >= 11 is 5.22. The minimum atomic E-state index is -2.96. The molecule has 0 saturated carbocycles. The summed E-state index contributed by atoms with van der Waals surface area (Å²) in [7, 11) is 1.38. The average Bonchev–Trinajstić information content (AvgIpc) is 3.01. The lowest BCUT2D eigenvalue weighted by atomic mass is 10.1. The molecule has 0 saturated heterocycles. The van der Waals surface area contributed by atoms with Crippen LogP contribution in [0.3, 0.4) is 0 Å². The van der Waals surface area contributed by atoms with Gasteiger partial charge in [-0.3, -0.25) is 0 Å². The normalized spacial score (nSPS) is 11.3. The molecule has 3 aromatic rings. The predicted octanol–water partition coefficient (Wildman–Crippen LogP) is 4.41. The predicted molar refractivity (Wildman–Crippen MR) is 100 cm³/mol. The number of hydrogen-bond donors (Lipinski definition) is 1. The third-order valence-electron chi connectivity index (χ3n) is 3.69. The van der Waals surface area contributed by atoms with E-state index in [1.165, 1.54) is 30.1 Å². The van der Waals surface area contributed by atoms with Crippen LogP contribution in [0, 0.1) is 11.7 Å². The molecule has 0 aliphatic carbocycles. The molecular weight excluding hydrogens is 374 g/mol. The van der Waals surface area contributed by atoms with Gasteiger partial charge in [0.1, 0.15) is 0 Å². The number of nitrogens with zero attached hydrogens (tertiary/aromatic N) is 3. The summed E-state index contributed by atoms with van der Waals surface area (Å²) in [5, 5.41) is 11.2. The SMILES string of the molecule is COc1ccc(/C=N\n2c(-c3ccc(C)cc3)n[nH]c2=S)cc1OC(F)F. The number of aromatic nitrogens is 3. The van der Waals surface area contributed by atoms with Crippen molar-refractivity contribution < 1.29 is 18.3 Å². The first-order valence-electron chi connectivity index (χ1n) is 7.89. The summed E-state index contributed by atoms with van der Waals surface area (Å²) in [6.45, 7) is -0.969. The maximum atomic E-state index is 12.6. The van der Waals surface area contributed by atoms with Gasteiger partial charge in [0, 0.05) is 5.56 Å². The highest BCUT2D eigenvalue weighted by molar-refractivity contribution is 7.71. The maximum absolute atomic E-state index is 12.6. The van der Waals surface area contributed by atoms with E-state index in [2.05, 4.69) is 20.0 Å². The lowest BCUT2D eigenvalue weighted by Crippen LogP contribution is -2.04. The van der Waals surface area contributed by atoms with Crippen molar-refractivity contribution in [3.05, 3.63) is 58.4 Å². The second kappa shape index (κ2) is 8.09. The van der Waals surface area contributed by atoms with Gasteiger partial charge < -0.3 is 9.47 Å². The van der Waals surface area contributed by atoms with Gasteiger partial charge in [0.25, 0.3) is 0 Å². The van der Waals surface area contributed by atoms with Crippen molar-refractivity contribution in [3.8, 4) is 22.9 Å². The van der Waals surface area contributed by atoms with E-state index in [1.807, 2.05) is 31.2 Å². The van der Waals surface area contributed by atoms with Gasteiger partial charge in [0.15, 0.2) is 17.3 Å². The fourth-order valence-corrected chi connectivity index (χ4v) is 2.55. The molecule has 6 nitrogen and oxygen atoms in total. The van der Waals surface area contributed by atoms with E-state index in [-0.39, 0.29) is 11.5 Å². The zero-order chi connectivity index (χ0) is 19.4. The number of rotatable bonds is 6. The van der Waals surface area contributed by atoms with E-state index in [0.717, 1.165) is 11.1 Å². The van der Waals surface area contributed by atoms with E-state index in [4.69, 9.17) is 17.0 Å². The summed E-state index contributed by atoms with van der Waals surface area (Å²) in [5.74, 6) is 0.660. The van der Waals surface area contributed by atoms with Crippen LogP contribution in [0.4, 0.5) is 8.78 Å². The number of H-pyrrole nitrogens is 1. The maximum Gasteiger partial charge on any atom is 0.387 e. The molecule has 0 radical (unpaired) electrons. The molecule has 1 N–H and O–H groups in total. The van der Waals surface area contributed by atoms with E-state index in [0.29, 0.717) is 16.2 Å². The Morgan fingerprint density at radius 2 is 1.93 bits per heavy atom. The lowest BCUT2D eigenvalue weighted by Gasteiger charge is -2.10. The molecule has 0 unspecified atom stereocenters. The largest absolute Gasteiger partial charge is 0.493 e. The molecule has 0 aliphatic heterocycles. The van der Waals surface area contributed by atoms with Crippen LogP contribution >= 0.6 is 12.2 Å². The van der Waals surface area contributed by atoms with E-state index in [1.54, 1.807) is 6.07 Å². The summed E-state index contributed by atoms with van der Waals surface area (Å²) in [5.41, 5.74) is 2.48. The number of hydrogen-bond acceptors (Lipinski definition) is 5. The minimum Gasteiger partial charge on any atom is -0.493 e. The first-order valence-corrected chi connectivity index (χ1v) is 8.30. The minimum absolute atomic E-state index is 0.0778. The van der Waals surface area contributed by atoms with E-state index < -0.39 is 6.61 Å². The fraction of sp³-hybridized carbons (Fsp3) is 0.167. The molecular formula is C18H16F2N4O2S. The van der Waals surface area contributed by atoms with Crippen molar-refractivity contribution in [2.24, 2.45) is 5.10 Å². The molecule has 0 aliphatic rings. The summed E-state index contributed by atoms with van der Waals surface area (Å²) in [4.78, 5) is 0. The number of halogens is 2. The summed E-state index contributed by atoms with van der Waals surface area (Å²) < 4.78 is 36.4. The number of nitrogens with one attached hydrogen (secondary N) is 1. The Labute approximate surface area is 159 Å². The lowest BCUT2D eigenvalue weighted by molar-refractivity contribution is -0.0512. The fourth-order valence-electron chi connectivity index (χ4n) is 2.37. The second-order valence-corrected chi connectivity index (χ2v) is 5.95. The number of aryl methyl sites for hydroxylation is 1. The Morgan fingerprint density at radius 3 is 2.59 bits per heavy atom. The van der Waals surface area contributed by atoms with Crippen molar-refractivity contribution in [3.63, 3.8) is 0 Å². The quantitative estimate of drug-likeness (QED) is 0.500. The first kappa shape index (κ1) is 18.7. The van der Waals surface area contributed by atoms with Crippen LogP contribution in [0.1, 0.15) is 11.1 Å². The molecule has 3 rings (SSSR count). The van der Waals surface area contributed by atoms with E-state index >= 15 is 0 Å². The van der Waals surface area contributed by atoms with Gasteiger partial charge in [-0.05, 0) is 42.9 Å². The van der Waals surface area contributed by atoms with Gasteiger partial charge in [-0.15, -0.1) is 0 Å². The Kier molecular flexibility index (Phi) is 5.60. The Morgan fingerprint density at radius 1 is 1.19 bits per heavy atom. The van der Waals surface area contributed by atoms with Crippen molar-refractivity contribution in [2.45, 2.75) is 13.5 Å². The standard InChI is InChI=1S/C18H16F2N4O2S/c1-11-3-6-13(7-4-11)16-22-23-18(27)24(16)21-10-12-5-8-14(25-2)15(9-12)26-17(19)20/h3-10,17H,1-2H3,(H,23,27)/b21-10-. The summed E-state index contributed by atoms with van der Waals surface area (Å²) in [6.07, 6.45) is 1.47. The van der Waals surface area contributed by atoms with Gasteiger partial charge in [-0.2, -0.15) is 23.7 Å². The Hall–Kier alpha value is -3.07. The van der Waals surface area contributed by atoms with Gasteiger partial charge in [-0.1, -0.05) is 29.8 Å². The van der Waals surface area contributed by atoms with Crippen LogP contribution in [0.15, 0.2) is 47.6 Å². The van der Waals surface area contributed by atoms with Crippen LogP contribution in [0.5, 0.6) is 11.5 Å². The Bertz CT molecular complexity index is 1010. The number of methoxy groups -OCH3 is 1. The van der Waals surface area contributed by atoms with Crippen molar-refractivity contribution in [2.75, 3.05) is 7.11 Å². The van der Waals surface area contributed by atoms with E-state index in [9.17, 15) is 8.78 Å². The average molecular weight is 390 g/mol. The summed E-state index contributed by atoms with van der Waals surface area (Å²) in [6, 6.07) is 12.3. The molecule has 0 spiro atoms. The molecule has 1 heterocycles. The molecule has 0 fully saturated rings. The molecule has 27 heavy (non-hydrogen) atoms. The van der Waals surface area contributed by atoms with Gasteiger partial charge in [-0.25, -0.2) is 5.10 Å². The van der Waals surface area contributed by atoms with Crippen molar-refractivity contribution >= 4 is 18.4 Å². The number of aromatic amines is 1. The van der Waals surface area contributed by atoms with Crippen molar-refractivity contribution in [1.82, 2.24) is 14.9 Å². The highest BCUT2D eigenvalue weighted by atomic mass is 32.1. The first-order chi connectivity index (χ1) is 13.0. The van der Waals surface area contributed by atoms with Crippen molar-refractivity contribution in [1.29, 1.82) is 0 Å². The van der Waals surface area contributed by atoms with Crippen LogP contribution in [-0.2, 0) is 0 Å². The Balaban J connectivity index is 1.94. The molecule has 2 aromatic carbocycles. The zero-order valence-corrected chi connectivity index (χ0v) is 15.3. The highest BCUT2D eigenvalue weighted by Crippen LogP contribution is 2.29. The molecule has 0 atom stereocenters. The van der Waals surface area contributed by atoms with Crippen LogP contribution < -0.4 is 9.47 Å². The number of benzene rings is 2. The third kappa shape index (κ3) is 4.37. The molecule has 140 valence electrons. The molecule has 0 amide bonds. The number of ether oxygens (including phenoxy) is 2. The van der Waals surface area contributed by atoms with Gasteiger partial charge in [0.05, 0.1) is 13.3 Å². The zero-order valence-electron chi connectivity index (χ0n) is 14.5.